The van der Waals surface area contributed by atoms with Crippen molar-refractivity contribution in [2.75, 3.05) is 20.7 Å². The molecule has 0 bridgehead atoms. The first-order valence-electron chi connectivity index (χ1n) is 7.71. The number of rotatable bonds is 6. The standard InChI is InChI=1S/C18H24N4O/c1-14-7-8-15(12-17(14)23-3)9-11-21-18(19-2)22-13-16-6-4-5-10-20-16/h4-8,10,12H,9,11,13H2,1-3H3,(H2,19,21,22). The zero-order chi connectivity index (χ0) is 16.5. The van der Waals surface area contributed by atoms with Gasteiger partial charge in [0.1, 0.15) is 5.75 Å². The largest absolute Gasteiger partial charge is 0.496 e. The molecule has 0 amide bonds. The fourth-order valence-electron chi connectivity index (χ4n) is 2.24. The zero-order valence-electron chi connectivity index (χ0n) is 14.0. The van der Waals surface area contributed by atoms with Gasteiger partial charge >= 0.3 is 0 Å². The topological polar surface area (TPSA) is 58.5 Å². The quantitative estimate of drug-likeness (QED) is 0.635. The van der Waals surface area contributed by atoms with Gasteiger partial charge < -0.3 is 15.4 Å². The van der Waals surface area contributed by atoms with Crippen LogP contribution in [0.2, 0.25) is 0 Å². The van der Waals surface area contributed by atoms with Crippen LogP contribution in [0.5, 0.6) is 5.75 Å². The molecule has 0 spiro atoms. The first-order chi connectivity index (χ1) is 11.2. The number of aromatic nitrogens is 1. The molecule has 0 fully saturated rings. The molecule has 0 saturated heterocycles. The summed E-state index contributed by atoms with van der Waals surface area (Å²) in [5.41, 5.74) is 3.37. The molecule has 0 aliphatic carbocycles. The number of guanidine groups is 1. The highest BCUT2D eigenvalue weighted by Crippen LogP contribution is 2.18. The summed E-state index contributed by atoms with van der Waals surface area (Å²) in [5.74, 6) is 1.70. The number of nitrogens with one attached hydrogen (secondary N) is 2. The van der Waals surface area contributed by atoms with E-state index in [9.17, 15) is 0 Å². The molecule has 1 aromatic heterocycles. The first-order valence-corrected chi connectivity index (χ1v) is 7.71. The van der Waals surface area contributed by atoms with Gasteiger partial charge in [0.25, 0.3) is 0 Å². The Morgan fingerprint density at radius 2 is 2.09 bits per heavy atom. The van der Waals surface area contributed by atoms with E-state index in [2.05, 4.69) is 38.8 Å². The van der Waals surface area contributed by atoms with E-state index in [1.54, 1.807) is 20.4 Å². The number of hydrogen-bond donors (Lipinski definition) is 2. The minimum Gasteiger partial charge on any atom is -0.496 e. The van der Waals surface area contributed by atoms with Gasteiger partial charge in [-0.15, -0.1) is 0 Å². The lowest BCUT2D eigenvalue weighted by molar-refractivity contribution is 0.411. The molecule has 0 aliphatic rings. The van der Waals surface area contributed by atoms with Crippen LogP contribution in [-0.2, 0) is 13.0 Å². The molecule has 0 aliphatic heterocycles. The van der Waals surface area contributed by atoms with E-state index < -0.39 is 0 Å². The third kappa shape index (κ3) is 5.29. The summed E-state index contributed by atoms with van der Waals surface area (Å²) in [4.78, 5) is 8.51. The summed E-state index contributed by atoms with van der Waals surface area (Å²) in [6.45, 7) is 3.50. The van der Waals surface area contributed by atoms with Crippen molar-refractivity contribution in [3.8, 4) is 5.75 Å². The molecule has 1 heterocycles. The predicted molar refractivity (Wildman–Crippen MR) is 93.9 cm³/mol. The lowest BCUT2D eigenvalue weighted by atomic mass is 10.1. The molecule has 2 aromatic rings. The van der Waals surface area contributed by atoms with E-state index >= 15 is 0 Å². The van der Waals surface area contributed by atoms with Gasteiger partial charge in [-0.3, -0.25) is 9.98 Å². The van der Waals surface area contributed by atoms with Crippen molar-refractivity contribution < 1.29 is 4.74 Å². The molecule has 2 rings (SSSR count). The Bertz CT molecular complexity index is 641. The van der Waals surface area contributed by atoms with Gasteiger partial charge in [-0.1, -0.05) is 18.2 Å². The molecule has 5 nitrogen and oxygen atoms in total. The van der Waals surface area contributed by atoms with E-state index in [0.717, 1.165) is 35.9 Å². The number of aliphatic imine (C=N–C) groups is 1. The first kappa shape index (κ1) is 16.8. The van der Waals surface area contributed by atoms with Crippen molar-refractivity contribution in [1.29, 1.82) is 0 Å². The second kappa shape index (κ2) is 8.78. The summed E-state index contributed by atoms with van der Waals surface area (Å²) in [6.07, 6.45) is 2.69. The number of benzene rings is 1. The fraction of sp³-hybridized carbons (Fsp3) is 0.333. The van der Waals surface area contributed by atoms with E-state index in [1.807, 2.05) is 25.1 Å². The van der Waals surface area contributed by atoms with Gasteiger partial charge in [0.2, 0.25) is 0 Å². The van der Waals surface area contributed by atoms with E-state index in [4.69, 9.17) is 4.74 Å². The Labute approximate surface area is 137 Å². The molecule has 5 heteroatoms. The summed E-state index contributed by atoms with van der Waals surface area (Å²) in [5, 5.41) is 6.57. The van der Waals surface area contributed by atoms with Crippen molar-refractivity contribution in [3.05, 3.63) is 59.4 Å². The van der Waals surface area contributed by atoms with Gasteiger partial charge in [-0.25, -0.2) is 0 Å². The highest BCUT2D eigenvalue weighted by molar-refractivity contribution is 5.79. The maximum Gasteiger partial charge on any atom is 0.191 e. The lowest BCUT2D eigenvalue weighted by Gasteiger charge is -2.12. The Morgan fingerprint density at radius 3 is 2.78 bits per heavy atom. The second-order valence-electron chi connectivity index (χ2n) is 5.23. The fourth-order valence-corrected chi connectivity index (χ4v) is 2.24. The van der Waals surface area contributed by atoms with Crippen LogP contribution in [0.3, 0.4) is 0 Å². The van der Waals surface area contributed by atoms with Gasteiger partial charge in [0.05, 0.1) is 19.3 Å². The number of aryl methyl sites for hydroxylation is 1. The predicted octanol–water partition coefficient (Wildman–Crippen LogP) is 2.31. The van der Waals surface area contributed by atoms with E-state index in [0.29, 0.717) is 6.54 Å². The summed E-state index contributed by atoms with van der Waals surface area (Å²) >= 11 is 0. The van der Waals surface area contributed by atoms with Crippen molar-refractivity contribution in [2.24, 2.45) is 4.99 Å². The molecule has 0 radical (unpaired) electrons. The number of ether oxygens (including phenoxy) is 1. The maximum atomic E-state index is 5.36. The van der Waals surface area contributed by atoms with Crippen molar-refractivity contribution in [1.82, 2.24) is 15.6 Å². The van der Waals surface area contributed by atoms with Crippen molar-refractivity contribution in [3.63, 3.8) is 0 Å². The summed E-state index contributed by atoms with van der Waals surface area (Å²) < 4.78 is 5.36. The van der Waals surface area contributed by atoms with Gasteiger partial charge in [0, 0.05) is 19.8 Å². The van der Waals surface area contributed by atoms with Crippen LogP contribution >= 0.6 is 0 Å². The SMILES string of the molecule is CN=C(NCCc1ccc(C)c(OC)c1)NCc1ccccn1. The molecule has 122 valence electrons. The molecule has 23 heavy (non-hydrogen) atoms. The third-order valence-corrected chi connectivity index (χ3v) is 3.57. The van der Waals surface area contributed by atoms with Crippen molar-refractivity contribution in [2.45, 2.75) is 19.9 Å². The molecule has 2 N–H and O–H groups in total. The van der Waals surface area contributed by atoms with Crippen LogP contribution < -0.4 is 15.4 Å². The van der Waals surface area contributed by atoms with Crippen molar-refractivity contribution >= 4 is 5.96 Å². The highest BCUT2D eigenvalue weighted by atomic mass is 16.5. The smallest absolute Gasteiger partial charge is 0.191 e. The summed E-state index contributed by atoms with van der Waals surface area (Å²) in [6, 6.07) is 12.2. The molecule has 0 saturated carbocycles. The van der Waals surface area contributed by atoms with Crippen LogP contribution in [0.4, 0.5) is 0 Å². The number of nitrogens with zero attached hydrogens (tertiary/aromatic N) is 2. The molecular weight excluding hydrogens is 288 g/mol. The normalized spacial score (nSPS) is 11.2. The zero-order valence-corrected chi connectivity index (χ0v) is 14.0. The minimum atomic E-state index is 0.652. The number of methoxy groups -OCH3 is 1. The molecule has 0 atom stereocenters. The van der Waals surface area contributed by atoms with Crippen LogP contribution in [0.25, 0.3) is 0 Å². The van der Waals surface area contributed by atoms with Crippen LogP contribution in [0.15, 0.2) is 47.6 Å². The van der Waals surface area contributed by atoms with Crippen LogP contribution in [0.1, 0.15) is 16.8 Å². The number of pyridine rings is 1. The monoisotopic (exact) mass is 312 g/mol. The van der Waals surface area contributed by atoms with Gasteiger partial charge in [0.15, 0.2) is 5.96 Å². The Hall–Kier alpha value is -2.56. The Morgan fingerprint density at radius 1 is 1.22 bits per heavy atom. The van der Waals surface area contributed by atoms with E-state index in [1.165, 1.54) is 5.56 Å². The van der Waals surface area contributed by atoms with Crippen LogP contribution in [0, 0.1) is 6.92 Å². The van der Waals surface area contributed by atoms with Gasteiger partial charge in [-0.2, -0.15) is 0 Å². The minimum absolute atomic E-state index is 0.652. The Kier molecular flexibility index (Phi) is 6.41. The van der Waals surface area contributed by atoms with Crippen LogP contribution in [-0.4, -0.2) is 31.6 Å². The van der Waals surface area contributed by atoms with Gasteiger partial charge in [-0.05, 0) is 42.7 Å². The Balaban J connectivity index is 1.80. The average molecular weight is 312 g/mol. The third-order valence-electron chi connectivity index (χ3n) is 3.57. The average Bonchev–Trinajstić information content (AvgIpc) is 2.60. The molecule has 0 unspecified atom stereocenters. The maximum absolute atomic E-state index is 5.36. The molecule has 1 aromatic carbocycles. The lowest BCUT2D eigenvalue weighted by Crippen LogP contribution is -2.38. The molecular formula is C18H24N4O. The second-order valence-corrected chi connectivity index (χ2v) is 5.23. The highest BCUT2D eigenvalue weighted by Gasteiger charge is 2.02. The summed E-state index contributed by atoms with van der Waals surface area (Å²) in [7, 11) is 3.47. The number of hydrogen-bond acceptors (Lipinski definition) is 3. The van der Waals surface area contributed by atoms with E-state index in [-0.39, 0.29) is 0 Å².